The van der Waals surface area contributed by atoms with Crippen LogP contribution in [0.2, 0.25) is 0 Å². The fourth-order valence-corrected chi connectivity index (χ4v) is 2.25. The van der Waals surface area contributed by atoms with Crippen molar-refractivity contribution >= 4 is 5.91 Å². The first kappa shape index (κ1) is 14.5. The van der Waals surface area contributed by atoms with Crippen LogP contribution in [0.25, 0.3) is 0 Å². The molecule has 1 saturated heterocycles. The third kappa shape index (κ3) is 2.96. The number of nitrogens with one attached hydrogen (secondary N) is 2. The zero-order valence-electron chi connectivity index (χ0n) is 12.0. The summed E-state index contributed by atoms with van der Waals surface area (Å²) in [4.78, 5) is 12.3. The van der Waals surface area contributed by atoms with Gasteiger partial charge in [-0.2, -0.15) is 0 Å². The van der Waals surface area contributed by atoms with E-state index in [1.54, 1.807) is 19.2 Å². The Morgan fingerprint density at radius 3 is 2.35 bits per heavy atom. The van der Waals surface area contributed by atoms with Crippen LogP contribution in [0.15, 0.2) is 12.1 Å². The molecule has 6 heteroatoms. The molecule has 0 bridgehead atoms. The number of ether oxygens (including phenoxy) is 3. The molecule has 0 saturated carbocycles. The molecule has 0 unspecified atom stereocenters. The molecule has 0 aliphatic carbocycles. The highest BCUT2D eigenvalue weighted by atomic mass is 16.5. The van der Waals surface area contributed by atoms with Crippen molar-refractivity contribution in [3.05, 3.63) is 17.7 Å². The number of hydrogen-bond donors (Lipinski definition) is 2. The van der Waals surface area contributed by atoms with E-state index in [4.69, 9.17) is 14.2 Å². The second-order valence-electron chi connectivity index (χ2n) is 4.57. The van der Waals surface area contributed by atoms with Crippen LogP contribution in [0.3, 0.4) is 0 Å². The number of rotatable bonds is 5. The van der Waals surface area contributed by atoms with Gasteiger partial charge in [0.1, 0.15) is 5.75 Å². The van der Waals surface area contributed by atoms with Gasteiger partial charge in [0.05, 0.1) is 26.9 Å². The van der Waals surface area contributed by atoms with Crippen LogP contribution >= 0.6 is 0 Å². The monoisotopic (exact) mass is 280 g/mol. The largest absolute Gasteiger partial charge is 0.496 e. The Labute approximate surface area is 118 Å². The number of carbonyl (C=O) groups excluding carboxylic acids is 1. The second kappa shape index (κ2) is 6.47. The van der Waals surface area contributed by atoms with E-state index < -0.39 is 0 Å². The van der Waals surface area contributed by atoms with Gasteiger partial charge in [0.15, 0.2) is 11.5 Å². The summed E-state index contributed by atoms with van der Waals surface area (Å²) in [6.45, 7) is 1.72. The molecule has 2 N–H and O–H groups in total. The summed E-state index contributed by atoms with van der Waals surface area (Å²) in [5, 5.41) is 6.19. The number of amides is 1. The Hall–Kier alpha value is -1.95. The summed E-state index contributed by atoms with van der Waals surface area (Å²) in [5.74, 6) is 1.33. The van der Waals surface area contributed by atoms with Gasteiger partial charge in [-0.1, -0.05) is 0 Å². The summed E-state index contributed by atoms with van der Waals surface area (Å²) in [7, 11) is 4.60. The molecule has 1 aromatic rings. The highest BCUT2D eigenvalue weighted by molar-refractivity contribution is 5.98. The number of benzene rings is 1. The Morgan fingerprint density at radius 2 is 1.80 bits per heavy atom. The molecule has 2 rings (SSSR count). The SMILES string of the molecule is COc1cc(OC)c(C(=O)N[C@H]2CCNC2)cc1OC. The molecule has 0 aromatic heterocycles. The van der Waals surface area contributed by atoms with Gasteiger partial charge in [-0.3, -0.25) is 4.79 Å². The molecule has 0 radical (unpaired) electrons. The Morgan fingerprint density at radius 1 is 1.15 bits per heavy atom. The average Bonchev–Trinajstić information content (AvgIpc) is 2.98. The number of hydrogen-bond acceptors (Lipinski definition) is 5. The van der Waals surface area contributed by atoms with Crippen molar-refractivity contribution in [3.8, 4) is 17.2 Å². The Kier molecular flexibility index (Phi) is 4.68. The Balaban J connectivity index is 2.26. The van der Waals surface area contributed by atoms with Crippen molar-refractivity contribution < 1.29 is 19.0 Å². The lowest BCUT2D eigenvalue weighted by Crippen LogP contribution is -2.36. The predicted molar refractivity (Wildman–Crippen MR) is 74.8 cm³/mol. The lowest BCUT2D eigenvalue weighted by molar-refractivity contribution is 0.0936. The smallest absolute Gasteiger partial charge is 0.255 e. The van der Waals surface area contributed by atoms with Gasteiger partial charge in [0.25, 0.3) is 5.91 Å². The first-order chi connectivity index (χ1) is 9.69. The molecule has 20 heavy (non-hydrogen) atoms. The van der Waals surface area contributed by atoms with Crippen LogP contribution in [0.4, 0.5) is 0 Å². The lowest BCUT2D eigenvalue weighted by atomic mass is 10.1. The molecule has 1 aromatic carbocycles. The topological polar surface area (TPSA) is 68.8 Å². The number of methoxy groups -OCH3 is 3. The molecule has 1 heterocycles. The first-order valence-electron chi connectivity index (χ1n) is 6.51. The van der Waals surface area contributed by atoms with Gasteiger partial charge in [-0.25, -0.2) is 0 Å². The van der Waals surface area contributed by atoms with Crippen molar-refractivity contribution in [2.45, 2.75) is 12.5 Å². The summed E-state index contributed by atoms with van der Waals surface area (Å²) in [6.07, 6.45) is 0.932. The van der Waals surface area contributed by atoms with E-state index in [1.807, 2.05) is 0 Å². The van der Waals surface area contributed by atoms with Gasteiger partial charge in [0, 0.05) is 24.7 Å². The van der Waals surface area contributed by atoms with E-state index in [0.29, 0.717) is 22.8 Å². The van der Waals surface area contributed by atoms with Gasteiger partial charge in [0.2, 0.25) is 0 Å². The Bertz CT molecular complexity index is 484. The van der Waals surface area contributed by atoms with E-state index in [1.165, 1.54) is 14.2 Å². The fraction of sp³-hybridized carbons (Fsp3) is 0.500. The number of carbonyl (C=O) groups is 1. The first-order valence-corrected chi connectivity index (χ1v) is 6.51. The van der Waals surface area contributed by atoms with Gasteiger partial charge in [-0.05, 0) is 13.0 Å². The van der Waals surface area contributed by atoms with Crippen LogP contribution in [-0.2, 0) is 0 Å². The highest BCUT2D eigenvalue weighted by Gasteiger charge is 2.22. The van der Waals surface area contributed by atoms with Crippen molar-refractivity contribution in [3.63, 3.8) is 0 Å². The normalized spacial score (nSPS) is 17.6. The third-order valence-electron chi connectivity index (χ3n) is 3.35. The molecule has 1 fully saturated rings. The van der Waals surface area contributed by atoms with Gasteiger partial charge < -0.3 is 24.8 Å². The highest BCUT2D eigenvalue weighted by Crippen LogP contribution is 2.34. The molecule has 1 amide bonds. The van der Waals surface area contributed by atoms with Gasteiger partial charge in [-0.15, -0.1) is 0 Å². The van der Waals surface area contributed by atoms with Crippen LogP contribution in [0, 0.1) is 0 Å². The van der Waals surface area contributed by atoms with E-state index in [2.05, 4.69) is 10.6 Å². The zero-order chi connectivity index (χ0) is 14.5. The maximum absolute atomic E-state index is 12.3. The summed E-state index contributed by atoms with van der Waals surface area (Å²) in [5.41, 5.74) is 0.442. The van der Waals surface area contributed by atoms with Crippen LogP contribution in [-0.4, -0.2) is 46.4 Å². The summed E-state index contributed by atoms with van der Waals surface area (Å²) >= 11 is 0. The van der Waals surface area contributed by atoms with Crippen LogP contribution < -0.4 is 24.8 Å². The van der Waals surface area contributed by atoms with E-state index >= 15 is 0 Å². The molecule has 6 nitrogen and oxygen atoms in total. The zero-order valence-corrected chi connectivity index (χ0v) is 12.0. The minimum atomic E-state index is -0.170. The molecule has 1 atom stereocenters. The maximum atomic E-state index is 12.3. The molecular weight excluding hydrogens is 260 g/mol. The minimum Gasteiger partial charge on any atom is -0.496 e. The summed E-state index contributed by atoms with van der Waals surface area (Å²) in [6, 6.07) is 3.44. The molecular formula is C14H20N2O4. The van der Waals surface area contributed by atoms with Crippen LogP contribution in [0.5, 0.6) is 17.2 Å². The quantitative estimate of drug-likeness (QED) is 0.835. The van der Waals surface area contributed by atoms with Crippen molar-refractivity contribution in [1.29, 1.82) is 0 Å². The van der Waals surface area contributed by atoms with Crippen molar-refractivity contribution in [2.75, 3.05) is 34.4 Å². The van der Waals surface area contributed by atoms with Crippen molar-refractivity contribution in [1.82, 2.24) is 10.6 Å². The van der Waals surface area contributed by atoms with Gasteiger partial charge >= 0.3 is 0 Å². The van der Waals surface area contributed by atoms with Crippen LogP contribution in [0.1, 0.15) is 16.8 Å². The molecule has 110 valence electrons. The third-order valence-corrected chi connectivity index (χ3v) is 3.35. The van der Waals surface area contributed by atoms with E-state index in [0.717, 1.165) is 19.5 Å². The molecule has 1 aliphatic rings. The molecule has 0 spiro atoms. The fourth-order valence-electron chi connectivity index (χ4n) is 2.25. The summed E-state index contributed by atoms with van der Waals surface area (Å²) < 4.78 is 15.7. The standard InChI is InChI=1S/C14H20N2O4/c1-18-11-7-13(20-3)12(19-2)6-10(11)14(17)16-9-4-5-15-8-9/h6-7,9,15H,4-5,8H2,1-3H3,(H,16,17)/t9-/m0/s1. The second-order valence-corrected chi connectivity index (χ2v) is 4.57. The molecule has 1 aliphatic heterocycles. The minimum absolute atomic E-state index is 0.153. The average molecular weight is 280 g/mol. The lowest BCUT2D eigenvalue weighted by Gasteiger charge is -2.16. The predicted octanol–water partition coefficient (Wildman–Crippen LogP) is 0.804. The maximum Gasteiger partial charge on any atom is 0.255 e. The van der Waals surface area contributed by atoms with Crippen molar-refractivity contribution in [2.24, 2.45) is 0 Å². The van der Waals surface area contributed by atoms with E-state index in [-0.39, 0.29) is 11.9 Å². The van der Waals surface area contributed by atoms with E-state index in [9.17, 15) is 4.79 Å².